The van der Waals surface area contributed by atoms with Crippen molar-refractivity contribution in [2.24, 2.45) is 5.92 Å². The number of rotatable bonds is 22. The monoisotopic (exact) mass is 545 g/mol. The molecule has 1 atom stereocenters. The molecule has 0 aromatic heterocycles. The van der Waals surface area contributed by atoms with Gasteiger partial charge in [-0.25, -0.2) is 0 Å². The summed E-state index contributed by atoms with van der Waals surface area (Å²) < 4.78 is 16.7. The first-order valence-corrected chi connectivity index (χ1v) is 16.2. The third-order valence-electron chi connectivity index (χ3n) is 8.51. The fraction of sp³-hybridized carbons (Fsp3) is 0.794. The van der Waals surface area contributed by atoms with E-state index in [2.05, 4.69) is 11.8 Å². The lowest BCUT2D eigenvalue weighted by molar-refractivity contribution is -0.122. The lowest BCUT2D eigenvalue weighted by Crippen LogP contribution is -2.27. The average molecular weight is 546 g/mol. The first-order valence-electron chi connectivity index (χ1n) is 16.2. The van der Waals surface area contributed by atoms with Crippen LogP contribution in [0, 0.1) is 5.92 Å². The Balaban J connectivity index is 1.88. The molecule has 0 radical (unpaired) electrons. The number of nitrogens with zero attached hydrogens (tertiary/aromatic N) is 1. The van der Waals surface area contributed by atoms with Gasteiger partial charge in [0.15, 0.2) is 0 Å². The van der Waals surface area contributed by atoms with Gasteiger partial charge in [0.2, 0.25) is 0 Å². The van der Waals surface area contributed by atoms with Crippen molar-refractivity contribution in [3.8, 4) is 17.2 Å². The van der Waals surface area contributed by atoms with E-state index in [-0.39, 0.29) is 5.92 Å². The predicted molar refractivity (Wildman–Crippen MR) is 164 cm³/mol. The van der Waals surface area contributed by atoms with Gasteiger partial charge >= 0.3 is 0 Å². The van der Waals surface area contributed by atoms with Crippen LogP contribution >= 0.6 is 0 Å². The van der Waals surface area contributed by atoms with Gasteiger partial charge in [0.1, 0.15) is 23.0 Å². The number of benzene rings is 1. The number of unbranched alkanes of at least 4 members (excludes halogenated alkanes) is 10. The molecule has 0 saturated carbocycles. The van der Waals surface area contributed by atoms with E-state index in [0.717, 1.165) is 37.8 Å². The van der Waals surface area contributed by atoms with Crippen LogP contribution in [0.15, 0.2) is 12.1 Å². The van der Waals surface area contributed by atoms with E-state index >= 15 is 0 Å². The van der Waals surface area contributed by atoms with E-state index in [1.54, 1.807) is 21.3 Å². The van der Waals surface area contributed by atoms with Crippen LogP contribution < -0.4 is 14.2 Å². The summed E-state index contributed by atoms with van der Waals surface area (Å²) in [5.74, 6) is 2.43. The lowest BCUT2D eigenvalue weighted by Gasteiger charge is -2.22. The number of methoxy groups -OCH3 is 3. The van der Waals surface area contributed by atoms with Gasteiger partial charge in [0, 0.05) is 30.0 Å². The number of likely N-dealkylation sites (tertiary alicyclic amines) is 1. The molecule has 5 heteroatoms. The molecule has 1 aliphatic rings. The van der Waals surface area contributed by atoms with Crippen LogP contribution in [0.2, 0.25) is 0 Å². The molecular weight excluding hydrogens is 486 g/mol. The second-order valence-corrected chi connectivity index (χ2v) is 11.6. The van der Waals surface area contributed by atoms with Crippen LogP contribution in [0.3, 0.4) is 0 Å². The van der Waals surface area contributed by atoms with Gasteiger partial charge in [0.25, 0.3) is 0 Å². The van der Waals surface area contributed by atoms with Gasteiger partial charge in [-0.1, -0.05) is 90.4 Å². The largest absolute Gasteiger partial charge is 0.496 e. The van der Waals surface area contributed by atoms with E-state index in [4.69, 9.17) is 14.2 Å². The number of carbonyl (C=O) groups is 1. The first-order chi connectivity index (χ1) is 19.1. The first kappa shape index (κ1) is 33.5. The van der Waals surface area contributed by atoms with Crippen molar-refractivity contribution in [1.82, 2.24) is 4.90 Å². The molecule has 1 aromatic carbocycles. The minimum absolute atomic E-state index is 0.104. The van der Waals surface area contributed by atoms with Gasteiger partial charge < -0.3 is 19.1 Å². The Morgan fingerprint density at radius 1 is 0.718 bits per heavy atom. The molecule has 0 aliphatic carbocycles. The summed E-state index contributed by atoms with van der Waals surface area (Å²) in [5.41, 5.74) is 0.835. The minimum atomic E-state index is 0.104. The van der Waals surface area contributed by atoms with E-state index in [9.17, 15) is 4.79 Å². The van der Waals surface area contributed by atoms with Gasteiger partial charge in [-0.3, -0.25) is 4.79 Å². The molecule has 2 rings (SSSR count). The van der Waals surface area contributed by atoms with Crippen molar-refractivity contribution >= 4 is 5.78 Å². The summed E-state index contributed by atoms with van der Waals surface area (Å²) in [6, 6.07) is 3.70. The molecule has 224 valence electrons. The summed E-state index contributed by atoms with van der Waals surface area (Å²) in [6.45, 7) is 5.84. The van der Waals surface area contributed by atoms with E-state index in [1.165, 1.54) is 103 Å². The molecule has 1 unspecified atom stereocenters. The second-order valence-electron chi connectivity index (χ2n) is 11.6. The zero-order valence-corrected chi connectivity index (χ0v) is 25.9. The Morgan fingerprint density at radius 2 is 1.23 bits per heavy atom. The fourth-order valence-corrected chi connectivity index (χ4v) is 6.01. The molecule has 5 nitrogen and oxygen atoms in total. The van der Waals surface area contributed by atoms with E-state index in [1.807, 2.05) is 12.1 Å². The van der Waals surface area contributed by atoms with Crippen molar-refractivity contribution in [2.75, 3.05) is 41.0 Å². The number of ketones is 1. The summed E-state index contributed by atoms with van der Waals surface area (Å²) in [6.07, 6.45) is 23.5. The van der Waals surface area contributed by atoms with Gasteiger partial charge in [-0.05, 0) is 51.7 Å². The van der Waals surface area contributed by atoms with Gasteiger partial charge in [0.05, 0.1) is 21.3 Å². The summed E-state index contributed by atoms with van der Waals surface area (Å²) in [7, 11) is 4.92. The van der Waals surface area contributed by atoms with E-state index in [0.29, 0.717) is 29.5 Å². The topological polar surface area (TPSA) is 48.0 Å². The van der Waals surface area contributed by atoms with Crippen molar-refractivity contribution in [1.29, 1.82) is 0 Å². The third-order valence-corrected chi connectivity index (χ3v) is 8.51. The average Bonchev–Trinajstić information content (AvgIpc) is 3.23. The van der Waals surface area contributed by atoms with E-state index < -0.39 is 0 Å². The fourth-order valence-electron chi connectivity index (χ4n) is 6.01. The lowest BCUT2D eigenvalue weighted by atomic mass is 9.88. The molecule has 0 amide bonds. The van der Waals surface area contributed by atoms with Gasteiger partial charge in [-0.15, -0.1) is 0 Å². The normalized spacial score (nSPS) is 15.1. The molecule has 39 heavy (non-hydrogen) atoms. The van der Waals surface area contributed by atoms with Crippen LogP contribution in [0.5, 0.6) is 17.2 Å². The Hall–Kier alpha value is -1.75. The molecule has 1 heterocycles. The Bertz CT molecular complexity index is 747. The maximum Gasteiger partial charge on any atom is 0.140 e. The quantitative estimate of drug-likeness (QED) is 0.136. The zero-order valence-electron chi connectivity index (χ0n) is 25.9. The Kier molecular flexibility index (Phi) is 18.1. The molecule has 1 aliphatic heterocycles. The molecule has 1 aromatic rings. The van der Waals surface area contributed by atoms with Crippen LogP contribution in [0.25, 0.3) is 0 Å². The van der Waals surface area contributed by atoms with Crippen molar-refractivity contribution in [3.05, 3.63) is 17.7 Å². The molecule has 1 fully saturated rings. The van der Waals surface area contributed by atoms with Crippen LogP contribution in [-0.4, -0.2) is 51.6 Å². The van der Waals surface area contributed by atoms with Gasteiger partial charge in [-0.2, -0.15) is 0 Å². The standard InChI is InChI=1S/C34H59NO4/c1-5-6-7-8-9-10-11-12-13-14-17-21-29(22-20-25-35-23-18-15-16-19-24-35)32(36)28-31-33(38-3)26-30(37-2)27-34(31)39-4/h26-27,29H,5-25,28H2,1-4H3. The number of Topliss-reactive ketones (excluding diaryl/α,β-unsaturated/α-hetero) is 1. The maximum absolute atomic E-state index is 13.7. The second kappa shape index (κ2) is 21.1. The summed E-state index contributed by atoms with van der Waals surface area (Å²) >= 11 is 0. The highest BCUT2D eigenvalue weighted by Gasteiger charge is 2.23. The Labute approximate surface area is 240 Å². The number of ether oxygens (including phenoxy) is 3. The van der Waals surface area contributed by atoms with Crippen molar-refractivity contribution in [2.45, 2.75) is 129 Å². The maximum atomic E-state index is 13.7. The number of hydrogen-bond acceptors (Lipinski definition) is 5. The highest BCUT2D eigenvalue weighted by atomic mass is 16.5. The minimum Gasteiger partial charge on any atom is -0.496 e. The molecule has 0 N–H and O–H groups in total. The highest BCUT2D eigenvalue weighted by molar-refractivity contribution is 5.84. The van der Waals surface area contributed by atoms with Crippen molar-refractivity contribution in [3.63, 3.8) is 0 Å². The van der Waals surface area contributed by atoms with Crippen LogP contribution in [0.4, 0.5) is 0 Å². The zero-order chi connectivity index (χ0) is 28.1. The number of carbonyl (C=O) groups excluding carboxylic acids is 1. The van der Waals surface area contributed by atoms with Crippen LogP contribution in [0.1, 0.15) is 128 Å². The third kappa shape index (κ3) is 13.4. The SMILES string of the molecule is CCCCCCCCCCCCCC(CCCN1CCCCCC1)C(=O)Cc1c(OC)cc(OC)cc1OC. The smallest absolute Gasteiger partial charge is 0.140 e. The molecule has 0 spiro atoms. The van der Waals surface area contributed by atoms with Crippen molar-refractivity contribution < 1.29 is 19.0 Å². The summed E-state index contributed by atoms with van der Waals surface area (Å²) in [5, 5.41) is 0. The highest BCUT2D eigenvalue weighted by Crippen LogP contribution is 2.35. The molecule has 0 bridgehead atoms. The summed E-state index contributed by atoms with van der Waals surface area (Å²) in [4.78, 5) is 16.3. The molecular formula is C34H59NO4. The van der Waals surface area contributed by atoms with Crippen LogP contribution in [-0.2, 0) is 11.2 Å². The Morgan fingerprint density at radius 3 is 1.74 bits per heavy atom. The number of hydrogen-bond donors (Lipinski definition) is 0. The molecule has 1 saturated heterocycles. The predicted octanol–water partition coefficient (Wildman–Crippen LogP) is 8.80.